The van der Waals surface area contributed by atoms with Crippen LogP contribution in [0.15, 0.2) is 24.3 Å². The summed E-state index contributed by atoms with van der Waals surface area (Å²) < 4.78 is 15.7. The fourth-order valence-electron chi connectivity index (χ4n) is 2.36. The number of aromatic nitrogens is 3. The molecular formula is C13H15FN4. The van der Waals surface area contributed by atoms with Gasteiger partial charge in [0.15, 0.2) is 0 Å². The quantitative estimate of drug-likeness (QED) is 0.868. The smallest absolute Gasteiger partial charge is 0.137 e. The zero-order chi connectivity index (χ0) is 12.5. The van der Waals surface area contributed by atoms with Crippen LogP contribution in [0.2, 0.25) is 0 Å². The Kier molecular flexibility index (Phi) is 2.83. The summed E-state index contributed by atoms with van der Waals surface area (Å²) in [5.41, 5.74) is 6.55. The summed E-state index contributed by atoms with van der Waals surface area (Å²) in [5.74, 6) is 1.55. The number of nitrogens with zero attached hydrogens (tertiary/aromatic N) is 3. The van der Waals surface area contributed by atoms with Gasteiger partial charge in [0, 0.05) is 25.4 Å². The van der Waals surface area contributed by atoms with Crippen LogP contribution in [0.4, 0.5) is 4.39 Å². The van der Waals surface area contributed by atoms with Gasteiger partial charge in [0.25, 0.3) is 0 Å². The Labute approximate surface area is 105 Å². The lowest BCUT2D eigenvalue weighted by Crippen LogP contribution is -2.31. The first-order valence-electron chi connectivity index (χ1n) is 6.14. The van der Waals surface area contributed by atoms with Gasteiger partial charge < -0.3 is 10.3 Å². The molecule has 1 atom stereocenters. The van der Waals surface area contributed by atoms with E-state index in [9.17, 15) is 4.39 Å². The molecule has 4 nitrogen and oxygen atoms in total. The number of benzene rings is 1. The minimum atomic E-state index is -0.192. The van der Waals surface area contributed by atoms with E-state index in [1.165, 1.54) is 6.07 Å². The van der Waals surface area contributed by atoms with Crippen LogP contribution < -0.4 is 5.73 Å². The first kappa shape index (κ1) is 11.3. The number of hydrogen-bond donors (Lipinski definition) is 1. The molecule has 0 saturated carbocycles. The molecular weight excluding hydrogens is 231 g/mol. The normalized spacial score (nSPS) is 18.7. The molecule has 3 rings (SSSR count). The van der Waals surface area contributed by atoms with E-state index < -0.39 is 0 Å². The van der Waals surface area contributed by atoms with Gasteiger partial charge in [-0.15, -0.1) is 10.2 Å². The lowest BCUT2D eigenvalue weighted by Gasteiger charge is -2.20. The summed E-state index contributed by atoms with van der Waals surface area (Å²) in [6, 6.07) is 6.95. The molecule has 0 spiro atoms. The van der Waals surface area contributed by atoms with E-state index in [1.807, 2.05) is 6.07 Å². The second kappa shape index (κ2) is 4.49. The highest BCUT2D eigenvalue weighted by Crippen LogP contribution is 2.17. The Hall–Kier alpha value is -1.75. The van der Waals surface area contributed by atoms with Crippen LogP contribution in [0.25, 0.3) is 0 Å². The van der Waals surface area contributed by atoms with Gasteiger partial charge in [-0.2, -0.15) is 0 Å². The van der Waals surface area contributed by atoms with Crippen molar-refractivity contribution in [3.05, 3.63) is 47.3 Å². The third-order valence-electron chi connectivity index (χ3n) is 3.38. The van der Waals surface area contributed by atoms with Crippen LogP contribution in [0, 0.1) is 5.82 Å². The molecule has 5 heteroatoms. The van der Waals surface area contributed by atoms with Gasteiger partial charge in [-0.1, -0.05) is 18.2 Å². The molecule has 0 amide bonds. The number of rotatable bonds is 2. The fourth-order valence-corrected chi connectivity index (χ4v) is 2.36. The molecule has 2 aromatic rings. The molecule has 1 unspecified atom stereocenters. The highest BCUT2D eigenvalue weighted by Gasteiger charge is 2.20. The van der Waals surface area contributed by atoms with Crippen molar-refractivity contribution in [2.24, 2.45) is 5.73 Å². The Morgan fingerprint density at radius 2 is 2.17 bits per heavy atom. The monoisotopic (exact) mass is 246 g/mol. The van der Waals surface area contributed by atoms with E-state index in [-0.39, 0.29) is 11.9 Å². The predicted molar refractivity (Wildman–Crippen MR) is 65.5 cm³/mol. The largest absolute Gasteiger partial charge is 0.327 e. The summed E-state index contributed by atoms with van der Waals surface area (Å²) in [6.45, 7) is 0.827. The van der Waals surface area contributed by atoms with Gasteiger partial charge in [0.1, 0.15) is 17.5 Å². The summed E-state index contributed by atoms with van der Waals surface area (Å²) in [6.07, 6.45) is 2.16. The van der Waals surface area contributed by atoms with E-state index in [2.05, 4.69) is 14.8 Å². The average molecular weight is 246 g/mol. The number of nitrogens with two attached hydrogens (primary N) is 1. The number of halogens is 1. The van der Waals surface area contributed by atoms with Crippen LogP contribution in [0.5, 0.6) is 0 Å². The Morgan fingerprint density at radius 1 is 1.33 bits per heavy atom. The van der Waals surface area contributed by atoms with E-state index in [0.717, 1.165) is 31.0 Å². The van der Waals surface area contributed by atoms with Crippen molar-refractivity contribution in [2.45, 2.75) is 31.8 Å². The van der Waals surface area contributed by atoms with Crippen LogP contribution >= 0.6 is 0 Å². The maximum atomic E-state index is 13.6. The Balaban J connectivity index is 1.88. The highest BCUT2D eigenvalue weighted by atomic mass is 19.1. The van der Waals surface area contributed by atoms with E-state index in [4.69, 9.17) is 5.73 Å². The van der Waals surface area contributed by atoms with E-state index in [0.29, 0.717) is 12.0 Å². The zero-order valence-corrected chi connectivity index (χ0v) is 10.0. The molecule has 1 aliphatic heterocycles. The molecule has 0 aliphatic carbocycles. The van der Waals surface area contributed by atoms with Gasteiger partial charge in [-0.25, -0.2) is 4.39 Å². The van der Waals surface area contributed by atoms with Crippen LogP contribution in [-0.4, -0.2) is 20.8 Å². The fraction of sp³-hybridized carbons (Fsp3) is 0.385. The second-order valence-corrected chi connectivity index (χ2v) is 4.71. The zero-order valence-electron chi connectivity index (χ0n) is 10.0. The van der Waals surface area contributed by atoms with Crippen molar-refractivity contribution < 1.29 is 4.39 Å². The third-order valence-corrected chi connectivity index (χ3v) is 3.38. The molecule has 1 aliphatic rings. The molecule has 18 heavy (non-hydrogen) atoms. The molecule has 2 N–H and O–H groups in total. The Bertz CT molecular complexity index is 564. The minimum Gasteiger partial charge on any atom is -0.327 e. The van der Waals surface area contributed by atoms with Crippen LogP contribution in [-0.2, 0) is 19.4 Å². The van der Waals surface area contributed by atoms with Crippen molar-refractivity contribution in [1.29, 1.82) is 0 Å². The van der Waals surface area contributed by atoms with Gasteiger partial charge in [0.05, 0.1) is 0 Å². The van der Waals surface area contributed by atoms with Crippen molar-refractivity contribution in [3.63, 3.8) is 0 Å². The topological polar surface area (TPSA) is 56.7 Å². The van der Waals surface area contributed by atoms with Gasteiger partial charge >= 0.3 is 0 Å². The maximum Gasteiger partial charge on any atom is 0.137 e. The molecule has 0 radical (unpaired) electrons. The summed E-state index contributed by atoms with van der Waals surface area (Å²) in [4.78, 5) is 0. The molecule has 1 aromatic heterocycles. The SMILES string of the molecule is NC1CCn2c(Cc3ccccc3F)nnc2C1. The van der Waals surface area contributed by atoms with Crippen LogP contribution in [0.3, 0.4) is 0 Å². The van der Waals surface area contributed by atoms with Gasteiger partial charge in [-0.3, -0.25) is 0 Å². The first-order valence-corrected chi connectivity index (χ1v) is 6.14. The lowest BCUT2D eigenvalue weighted by molar-refractivity contribution is 0.455. The second-order valence-electron chi connectivity index (χ2n) is 4.71. The molecule has 0 bridgehead atoms. The van der Waals surface area contributed by atoms with Gasteiger partial charge in [0.2, 0.25) is 0 Å². The molecule has 94 valence electrons. The molecule has 0 fully saturated rings. The molecule has 2 heterocycles. The summed E-state index contributed by atoms with van der Waals surface area (Å²) in [5, 5.41) is 8.30. The van der Waals surface area contributed by atoms with E-state index in [1.54, 1.807) is 12.1 Å². The first-order chi connectivity index (χ1) is 8.74. The molecule has 0 saturated heterocycles. The van der Waals surface area contributed by atoms with Gasteiger partial charge in [-0.05, 0) is 18.1 Å². The maximum absolute atomic E-state index is 13.6. The van der Waals surface area contributed by atoms with Crippen molar-refractivity contribution >= 4 is 0 Å². The summed E-state index contributed by atoms with van der Waals surface area (Å²) in [7, 11) is 0. The number of fused-ring (bicyclic) bond motifs is 1. The van der Waals surface area contributed by atoms with Crippen molar-refractivity contribution in [2.75, 3.05) is 0 Å². The summed E-state index contributed by atoms with van der Waals surface area (Å²) >= 11 is 0. The van der Waals surface area contributed by atoms with E-state index >= 15 is 0 Å². The van der Waals surface area contributed by atoms with Crippen LogP contribution in [0.1, 0.15) is 23.6 Å². The number of hydrogen-bond acceptors (Lipinski definition) is 3. The highest BCUT2D eigenvalue weighted by molar-refractivity contribution is 5.21. The molecule has 1 aromatic carbocycles. The Morgan fingerprint density at radius 3 is 3.00 bits per heavy atom. The third kappa shape index (κ3) is 2.01. The standard InChI is InChI=1S/C13H15FN4/c14-11-4-2-1-3-9(11)7-12-16-17-13-8-10(15)5-6-18(12)13/h1-4,10H,5-8,15H2. The van der Waals surface area contributed by atoms with Crippen molar-refractivity contribution in [1.82, 2.24) is 14.8 Å². The predicted octanol–water partition coefficient (Wildman–Crippen LogP) is 1.28. The van der Waals surface area contributed by atoms with Crippen molar-refractivity contribution in [3.8, 4) is 0 Å². The minimum absolute atomic E-state index is 0.169. The average Bonchev–Trinajstić information content (AvgIpc) is 2.74. The lowest BCUT2D eigenvalue weighted by atomic mass is 10.1.